The molecule has 5 heteroatoms. The Hall–Kier alpha value is -1.20. The van der Waals surface area contributed by atoms with Gasteiger partial charge in [-0.1, -0.05) is 6.92 Å². The van der Waals surface area contributed by atoms with Gasteiger partial charge in [0.1, 0.15) is 0 Å². The van der Waals surface area contributed by atoms with E-state index < -0.39 is 0 Å². The van der Waals surface area contributed by atoms with Gasteiger partial charge in [0.25, 0.3) is 0 Å². The van der Waals surface area contributed by atoms with Crippen molar-refractivity contribution in [3.63, 3.8) is 0 Å². The van der Waals surface area contributed by atoms with E-state index in [4.69, 9.17) is 4.18 Å². The van der Waals surface area contributed by atoms with Gasteiger partial charge in [-0.2, -0.15) is 0 Å². The zero-order valence-corrected chi connectivity index (χ0v) is 10.3. The standard InChI is InChI=1S/C11H16N2O2S/c1-3-8-12-11(14)13-9-4-6-10(7-5-9)16-15-2/h4-7H,3,8H2,1-2H3,(H2,12,13,14). The SMILES string of the molecule is CCCNC(=O)Nc1ccc(SOC)cc1. The normalized spacial score (nSPS) is 9.88. The molecule has 2 N–H and O–H groups in total. The Morgan fingerprint density at radius 3 is 2.62 bits per heavy atom. The minimum atomic E-state index is -0.172. The van der Waals surface area contributed by atoms with E-state index in [0.717, 1.165) is 17.0 Å². The molecule has 0 aliphatic heterocycles. The lowest BCUT2D eigenvalue weighted by atomic mass is 10.3. The lowest BCUT2D eigenvalue weighted by Gasteiger charge is -2.06. The van der Waals surface area contributed by atoms with Crippen LogP contribution in [0.4, 0.5) is 10.5 Å². The number of benzene rings is 1. The molecule has 0 fully saturated rings. The van der Waals surface area contributed by atoms with Crippen LogP contribution in [-0.4, -0.2) is 19.7 Å². The topological polar surface area (TPSA) is 50.4 Å². The summed E-state index contributed by atoms with van der Waals surface area (Å²) in [5, 5.41) is 5.49. The number of rotatable bonds is 5. The van der Waals surface area contributed by atoms with Crippen LogP contribution < -0.4 is 10.6 Å². The first-order chi connectivity index (χ1) is 7.76. The number of hydrogen-bond acceptors (Lipinski definition) is 3. The smallest absolute Gasteiger partial charge is 0.319 e. The van der Waals surface area contributed by atoms with Crippen LogP contribution >= 0.6 is 12.0 Å². The lowest BCUT2D eigenvalue weighted by Crippen LogP contribution is -2.29. The van der Waals surface area contributed by atoms with Gasteiger partial charge in [-0.25, -0.2) is 4.79 Å². The molecule has 0 bridgehead atoms. The maximum atomic E-state index is 11.3. The van der Waals surface area contributed by atoms with E-state index in [2.05, 4.69) is 10.6 Å². The maximum Gasteiger partial charge on any atom is 0.319 e. The van der Waals surface area contributed by atoms with E-state index >= 15 is 0 Å². The first kappa shape index (κ1) is 12.9. The highest BCUT2D eigenvalue weighted by atomic mass is 32.2. The third-order valence-corrected chi connectivity index (χ3v) is 2.46. The molecular weight excluding hydrogens is 224 g/mol. The van der Waals surface area contributed by atoms with Gasteiger partial charge in [-0.3, -0.25) is 0 Å². The van der Waals surface area contributed by atoms with E-state index in [1.807, 2.05) is 31.2 Å². The predicted molar refractivity (Wildman–Crippen MR) is 66.6 cm³/mol. The quantitative estimate of drug-likeness (QED) is 0.778. The van der Waals surface area contributed by atoms with Crippen LogP contribution in [0.3, 0.4) is 0 Å². The fraction of sp³-hybridized carbons (Fsp3) is 0.364. The summed E-state index contributed by atoms with van der Waals surface area (Å²) < 4.78 is 4.92. The van der Waals surface area contributed by atoms with E-state index in [0.29, 0.717) is 6.54 Å². The highest BCUT2D eigenvalue weighted by molar-refractivity contribution is 7.94. The molecule has 1 aromatic rings. The summed E-state index contributed by atoms with van der Waals surface area (Å²) in [5.41, 5.74) is 0.772. The average molecular weight is 240 g/mol. The molecule has 88 valence electrons. The molecule has 0 unspecified atom stereocenters. The first-order valence-corrected chi connectivity index (χ1v) is 5.86. The molecule has 4 nitrogen and oxygen atoms in total. The summed E-state index contributed by atoms with van der Waals surface area (Å²) in [6.07, 6.45) is 0.927. The Labute approximate surface area is 100.0 Å². The number of hydrogen-bond donors (Lipinski definition) is 2. The molecular formula is C11H16N2O2S. The number of carbonyl (C=O) groups excluding carboxylic acids is 1. The van der Waals surface area contributed by atoms with Crippen molar-refractivity contribution in [2.24, 2.45) is 0 Å². The highest BCUT2D eigenvalue weighted by Crippen LogP contribution is 2.19. The summed E-state index contributed by atoms with van der Waals surface area (Å²) in [6.45, 7) is 2.69. The number of nitrogens with one attached hydrogen (secondary N) is 2. The minimum Gasteiger partial charge on any atom is -0.338 e. The Kier molecular flexibility index (Phi) is 5.74. The Morgan fingerprint density at radius 2 is 2.06 bits per heavy atom. The molecule has 0 saturated heterocycles. The van der Waals surface area contributed by atoms with Crippen molar-refractivity contribution in [2.45, 2.75) is 18.2 Å². The molecule has 0 aromatic heterocycles. The zero-order valence-electron chi connectivity index (χ0n) is 9.45. The summed E-state index contributed by atoms with van der Waals surface area (Å²) in [6, 6.07) is 7.29. The second-order valence-corrected chi connectivity index (χ2v) is 4.13. The molecule has 0 heterocycles. The third-order valence-electron chi connectivity index (χ3n) is 1.83. The minimum absolute atomic E-state index is 0.172. The van der Waals surface area contributed by atoms with Crippen molar-refractivity contribution in [2.75, 3.05) is 19.0 Å². The van der Waals surface area contributed by atoms with Crippen LogP contribution in [0.15, 0.2) is 29.2 Å². The van der Waals surface area contributed by atoms with Gasteiger partial charge >= 0.3 is 6.03 Å². The van der Waals surface area contributed by atoms with Gasteiger partial charge in [0, 0.05) is 29.2 Å². The zero-order chi connectivity index (χ0) is 11.8. The van der Waals surface area contributed by atoms with Gasteiger partial charge in [0.2, 0.25) is 0 Å². The fourth-order valence-electron chi connectivity index (χ4n) is 1.10. The Morgan fingerprint density at radius 1 is 1.38 bits per heavy atom. The van der Waals surface area contributed by atoms with Crippen LogP contribution in [0.1, 0.15) is 13.3 Å². The second kappa shape index (κ2) is 7.14. The van der Waals surface area contributed by atoms with Crippen LogP contribution in [0, 0.1) is 0 Å². The van der Waals surface area contributed by atoms with Crippen LogP contribution in [-0.2, 0) is 4.18 Å². The maximum absolute atomic E-state index is 11.3. The molecule has 1 rings (SSSR count). The summed E-state index contributed by atoms with van der Waals surface area (Å²) in [4.78, 5) is 12.3. The van der Waals surface area contributed by atoms with Crippen molar-refractivity contribution in [3.8, 4) is 0 Å². The Balaban J connectivity index is 2.45. The molecule has 1 aromatic carbocycles. The fourth-order valence-corrected chi connectivity index (χ4v) is 1.54. The molecule has 0 atom stereocenters. The van der Waals surface area contributed by atoms with Gasteiger partial charge in [0.15, 0.2) is 0 Å². The van der Waals surface area contributed by atoms with Gasteiger partial charge in [-0.05, 0) is 30.7 Å². The molecule has 0 aliphatic rings. The van der Waals surface area contributed by atoms with Gasteiger partial charge in [-0.15, -0.1) is 0 Å². The van der Waals surface area contributed by atoms with Crippen molar-refractivity contribution in [1.29, 1.82) is 0 Å². The van der Waals surface area contributed by atoms with E-state index in [9.17, 15) is 4.79 Å². The molecule has 0 radical (unpaired) electrons. The van der Waals surface area contributed by atoms with Crippen LogP contribution in [0.2, 0.25) is 0 Å². The first-order valence-electron chi connectivity index (χ1n) is 5.12. The number of anilines is 1. The van der Waals surface area contributed by atoms with Gasteiger partial charge in [0.05, 0.1) is 7.11 Å². The van der Waals surface area contributed by atoms with Gasteiger partial charge < -0.3 is 14.8 Å². The molecule has 16 heavy (non-hydrogen) atoms. The third kappa shape index (κ3) is 4.55. The Bertz CT molecular complexity index is 327. The van der Waals surface area contributed by atoms with Crippen LogP contribution in [0.5, 0.6) is 0 Å². The monoisotopic (exact) mass is 240 g/mol. The summed E-state index contributed by atoms with van der Waals surface area (Å²) >= 11 is 1.29. The number of amides is 2. The lowest BCUT2D eigenvalue weighted by molar-refractivity contribution is 0.252. The van der Waals surface area contributed by atoms with E-state index in [1.54, 1.807) is 7.11 Å². The van der Waals surface area contributed by atoms with E-state index in [-0.39, 0.29) is 6.03 Å². The number of carbonyl (C=O) groups is 1. The number of urea groups is 1. The van der Waals surface area contributed by atoms with Crippen molar-refractivity contribution < 1.29 is 8.98 Å². The molecule has 0 saturated carbocycles. The van der Waals surface area contributed by atoms with Crippen LogP contribution in [0.25, 0.3) is 0 Å². The summed E-state index contributed by atoms with van der Waals surface area (Å²) in [7, 11) is 1.62. The molecule has 2 amide bonds. The van der Waals surface area contributed by atoms with Crippen molar-refractivity contribution in [3.05, 3.63) is 24.3 Å². The van der Waals surface area contributed by atoms with Crippen molar-refractivity contribution >= 4 is 23.8 Å². The summed E-state index contributed by atoms with van der Waals surface area (Å²) in [5.74, 6) is 0. The second-order valence-electron chi connectivity index (χ2n) is 3.16. The molecule has 0 spiro atoms. The van der Waals surface area contributed by atoms with E-state index in [1.165, 1.54) is 12.0 Å². The average Bonchev–Trinajstić information content (AvgIpc) is 2.29. The van der Waals surface area contributed by atoms with Crippen molar-refractivity contribution in [1.82, 2.24) is 5.32 Å². The largest absolute Gasteiger partial charge is 0.338 e. The molecule has 0 aliphatic carbocycles. The highest BCUT2D eigenvalue weighted by Gasteiger charge is 2.00. The predicted octanol–water partition coefficient (Wildman–Crippen LogP) is 2.87.